The molecule has 322 valence electrons. The molecular formula is C41H52F3N5O9S. The number of amides is 4. The summed E-state index contributed by atoms with van der Waals surface area (Å²) in [7, 11) is -4.08. The molecule has 4 amide bonds. The molecule has 59 heavy (non-hydrogen) atoms. The Morgan fingerprint density at radius 1 is 1.08 bits per heavy atom. The standard InChI is InChI=1S/C41H52F3N5O9S/c1-23-9-6-7-11-26-21-40(26,36(52)48-59(54,55)39(5)15-16-39)47-33(50)30-20-27(57-34-29-13-12-25-10-8-18-56-32(25)28(29)14-17-45-34)22-49(30)35(51)31(24(2)19-23)46-37(53)58-38(3,4)41(42,43)44/h7,11-14,17,23-24,26-27,30-31H,6,8-10,15-16,18-22H2,1-5H3,(H,46,53)(H,47,50)(H,48,52)/b11-7-/t23-,24-,26-,27-,30+,31+,40-/m1/s1. The minimum absolute atomic E-state index is 0.0337. The van der Waals surface area contributed by atoms with Crippen molar-refractivity contribution in [1.82, 2.24) is 25.2 Å². The highest BCUT2D eigenvalue weighted by molar-refractivity contribution is 7.91. The number of halogens is 3. The molecule has 1 saturated heterocycles. The number of nitrogens with one attached hydrogen (secondary N) is 3. The SMILES string of the molecule is C[C@@H]1CC/C=C\[C@@H]2C[C@@]2(C(=O)NS(=O)(=O)C2(C)CC2)NC(=O)[C@@H]2C[C@@H](Oc3nccc4c5c(ccc34)CCCO5)CN2C(=O)[C@@H](NC(=O)OC(C)(C)C(F)(F)F)[C@H](C)C1. The first-order valence-corrected chi connectivity index (χ1v) is 21.8. The average molecular weight is 848 g/mol. The number of alkyl halides is 3. The molecule has 5 aliphatic rings. The van der Waals surface area contributed by atoms with Gasteiger partial charge in [0.2, 0.25) is 33.3 Å². The Morgan fingerprint density at radius 3 is 2.54 bits per heavy atom. The predicted octanol–water partition coefficient (Wildman–Crippen LogP) is 5.23. The molecule has 7 rings (SSSR count). The minimum atomic E-state index is -4.91. The number of pyridine rings is 1. The summed E-state index contributed by atoms with van der Waals surface area (Å²) in [6, 6.07) is 2.88. The number of aromatic nitrogens is 1. The van der Waals surface area contributed by atoms with Crippen molar-refractivity contribution in [3.63, 3.8) is 0 Å². The minimum Gasteiger partial charge on any atom is -0.493 e. The number of alkyl carbamates (subject to hydrolysis) is 1. The van der Waals surface area contributed by atoms with Crippen LogP contribution in [-0.4, -0.2) is 95.5 Å². The van der Waals surface area contributed by atoms with Gasteiger partial charge in [0.05, 0.1) is 17.9 Å². The van der Waals surface area contributed by atoms with Gasteiger partial charge in [-0.3, -0.25) is 19.1 Å². The Hall–Kier alpha value is -4.61. The van der Waals surface area contributed by atoms with Crippen LogP contribution >= 0.6 is 0 Å². The molecule has 14 nitrogen and oxygen atoms in total. The van der Waals surface area contributed by atoms with Crippen molar-refractivity contribution in [2.45, 2.75) is 133 Å². The summed E-state index contributed by atoms with van der Waals surface area (Å²) in [4.78, 5) is 62.1. The van der Waals surface area contributed by atoms with Gasteiger partial charge < -0.3 is 29.7 Å². The van der Waals surface area contributed by atoms with E-state index in [0.29, 0.717) is 57.9 Å². The number of benzene rings is 1. The summed E-state index contributed by atoms with van der Waals surface area (Å²) < 4.78 is 86.1. The van der Waals surface area contributed by atoms with E-state index in [0.717, 1.165) is 29.5 Å². The van der Waals surface area contributed by atoms with Crippen molar-refractivity contribution in [2.24, 2.45) is 17.8 Å². The van der Waals surface area contributed by atoms with Gasteiger partial charge in [-0.1, -0.05) is 32.1 Å². The molecule has 3 N–H and O–H groups in total. The maximum absolute atomic E-state index is 14.8. The molecule has 2 aliphatic carbocycles. The number of nitrogens with zero attached hydrogens (tertiary/aromatic N) is 2. The fourth-order valence-corrected chi connectivity index (χ4v) is 9.66. The van der Waals surface area contributed by atoms with Crippen molar-refractivity contribution in [1.29, 1.82) is 0 Å². The molecule has 1 aromatic carbocycles. The number of aryl methyl sites for hydroxylation is 1. The Morgan fingerprint density at radius 2 is 1.83 bits per heavy atom. The summed E-state index contributed by atoms with van der Waals surface area (Å²) in [5, 5.41) is 6.62. The second-order valence-corrected chi connectivity index (χ2v) is 19.9. The maximum Gasteiger partial charge on any atom is 0.427 e. The van der Waals surface area contributed by atoms with Crippen molar-refractivity contribution in [2.75, 3.05) is 13.2 Å². The number of ether oxygens (including phenoxy) is 3. The van der Waals surface area contributed by atoms with Crippen LogP contribution < -0.4 is 24.8 Å². The fraction of sp³-hybridized carbons (Fsp3) is 0.634. The number of carbonyl (C=O) groups is 4. The number of hydrogen-bond acceptors (Lipinski definition) is 10. The lowest BCUT2D eigenvalue weighted by molar-refractivity contribution is -0.244. The third-order valence-electron chi connectivity index (χ3n) is 12.6. The van der Waals surface area contributed by atoms with Crippen LogP contribution in [0.2, 0.25) is 0 Å². The zero-order valence-corrected chi connectivity index (χ0v) is 34.6. The van der Waals surface area contributed by atoms with Gasteiger partial charge >= 0.3 is 12.3 Å². The summed E-state index contributed by atoms with van der Waals surface area (Å²) in [5.74, 6) is -2.69. The van der Waals surface area contributed by atoms with Gasteiger partial charge in [-0.25, -0.2) is 18.2 Å². The summed E-state index contributed by atoms with van der Waals surface area (Å²) in [5.41, 5.74) is -3.48. The van der Waals surface area contributed by atoms with Crippen LogP contribution in [0.1, 0.15) is 91.5 Å². The molecule has 18 heteroatoms. The van der Waals surface area contributed by atoms with Gasteiger partial charge in [0.25, 0.3) is 5.91 Å². The third-order valence-corrected chi connectivity index (χ3v) is 14.8. The Kier molecular flexibility index (Phi) is 11.1. The molecule has 0 spiro atoms. The molecule has 3 aliphatic heterocycles. The highest BCUT2D eigenvalue weighted by Crippen LogP contribution is 2.48. The Bertz CT molecular complexity index is 2160. The Balaban J connectivity index is 1.23. The molecule has 0 radical (unpaired) electrons. The molecule has 4 heterocycles. The zero-order valence-electron chi connectivity index (χ0n) is 33.8. The number of hydrogen-bond donors (Lipinski definition) is 3. The van der Waals surface area contributed by atoms with E-state index in [2.05, 4.69) is 20.3 Å². The van der Waals surface area contributed by atoms with Gasteiger partial charge in [-0.15, -0.1) is 0 Å². The number of sulfonamides is 1. The monoisotopic (exact) mass is 847 g/mol. The second kappa shape index (κ2) is 15.4. The molecule has 2 aromatic rings. The predicted molar refractivity (Wildman–Crippen MR) is 209 cm³/mol. The molecule has 2 saturated carbocycles. The van der Waals surface area contributed by atoms with Gasteiger partial charge in [-0.05, 0) is 102 Å². The van der Waals surface area contributed by atoms with Crippen molar-refractivity contribution >= 4 is 44.6 Å². The number of carbonyl (C=O) groups excluding carboxylic acids is 4. The average Bonchev–Trinajstić information content (AvgIpc) is 4.04. The van der Waals surface area contributed by atoms with Crippen LogP contribution in [0.5, 0.6) is 11.6 Å². The summed E-state index contributed by atoms with van der Waals surface area (Å²) in [6.07, 6.45) is 2.02. The first-order chi connectivity index (χ1) is 27.6. The van der Waals surface area contributed by atoms with Gasteiger partial charge in [0.15, 0.2) is 0 Å². The zero-order chi connectivity index (χ0) is 42.7. The highest BCUT2D eigenvalue weighted by Gasteiger charge is 2.63. The van der Waals surface area contributed by atoms with Gasteiger partial charge in [-0.2, -0.15) is 13.2 Å². The van der Waals surface area contributed by atoms with Crippen molar-refractivity contribution < 1.29 is 55.0 Å². The topological polar surface area (TPSA) is 182 Å². The van der Waals surface area contributed by atoms with Gasteiger partial charge in [0.1, 0.15) is 29.5 Å². The number of rotatable bonds is 7. The van der Waals surface area contributed by atoms with E-state index in [-0.39, 0.29) is 31.2 Å². The third kappa shape index (κ3) is 8.42. The van der Waals surface area contributed by atoms with E-state index < -0.39 is 85.9 Å². The van der Waals surface area contributed by atoms with E-state index in [1.807, 2.05) is 31.2 Å². The molecule has 1 aromatic heterocycles. The van der Waals surface area contributed by atoms with Gasteiger partial charge in [0, 0.05) is 29.3 Å². The maximum atomic E-state index is 14.8. The number of fused-ring (bicyclic) bond motifs is 5. The second-order valence-electron chi connectivity index (χ2n) is 17.7. The van der Waals surface area contributed by atoms with Crippen LogP contribution in [0.4, 0.5) is 18.0 Å². The van der Waals surface area contributed by atoms with E-state index in [9.17, 15) is 40.8 Å². The molecule has 0 bridgehead atoms. The largest absolute Gasteiger partial charge is 0.493 e. The number of allylic oxidation sites excluding steroid dienone is 1. The molecule has 3 fully saturated rings. The van der Waals surface area contributed by atoms with Crippen LogP contribution in [0.3, 0.4) is 0 Å². The first kappa shape index (κ1) is 42.5. The molecule has 0 unspecified atom stereocenters. The smallest absolute Gasteiger partial charge is 0.427 e. The summed E-state index contributed by atoms with van der Waals surface area (Å²) in [6.45, 7) is 6.93. The quantitative estimate of drug-likeness (QED) is 0.312. The Labute approximate surface area is 341 Å². The lowest BCUT2D eigenvalue weighted by Crippen LogP contribution is -2.59. The summed E-state index contributed by atoms with van der Waals surface area (Å²) >= 11 is 0. The van der Waals surface area contributed by atoms with E-state index in [4.69, 9.17) is 14.2 Å². The lowest BCUT2D eigenvalue weighted by atomic mass is 9.88. The first-order valence-electron chi connectivity index (χ1n) is 20.3. The normalized spacial score (nSPS) is 30.2. The highest BCUT2D eigenvalue weighted by atomic mass is 32.2. The van der Waals surface area contributed by atoms with E-state index in [1.165, 1.54) is 4.90 Å². The molecule has 7 atom stereocenters. The van der Waals surface area contributed by atoms with Crippen LogP contribution in [-0.2, 0) is 35.6 Å². The van der Waals surface area contributed by atoms with Crippen molar-refractivity contribution in [3.8, 4) is 11.6 Å². The van der Waals surface area contributed by atoms with Crippen LogP contribution in [0.25, 0.3) is 10.8 Å². The fourth-order valence-electron chi connectivity index (χ4n) is 8.34. The van der Waals surface area contributed by atoms with E-state index >= 15 is 0 Å². The van der Waals surface area contributed by atoms with Crippen molar-refractivity contribution in [3.05, 3.63) is 42.1 Å². The van der Waals surface area contributed by atoms with E-state index in [1.54, 1.807) is 26.1 Å². The molecular weight excluding hydrogens is 796 g/mol. The lowest BCUT2D eigenvalue weighted by Gasteiger charge is -2.34. The van der Waals surface area contributed by atoms with Crippen LogP contribution in [0, 0.1) is 17.8 Å². The van der Waals surface area contributed by atoms with Crippen LogP contribution in [0.15, 0.2) is 36.5 Å².